The minimum atomic E-state index is -3.99. The molecule has 1 N–H and O–H groups in total. The van der Waals surface area contributed by atoms with Crippen LogP contribution in [0.2, 0.25) is 0 Å². The molecule has 11 nitrogen and oxygen atoms in total. The van der Waals surface area contributed by atoms with Gasteiger partial charge in [0, 0.05) is 55.3 Å². The van der Waals surface area contributed by atoms with Gasteiger partial charge in [-0.3, -0.25) is 4.79 Å². The Kier molecular flexibility index (Phi) is 9.93. The summed E-state index contributed by atoms with van der Waals surface area (Å²) in [6.07, 6.45) is 6.11. The molecular formula is C34H35N3O8S2. The third-order valence-corrected chi connectivity index (χ3v) is 11.1. The van der Waals surface area contributed by atoms with Crippen LogP contribution in [0.1, 0.15) is 65.2 Å². The van der Waals surface area contributed by atoms with Crippen molar-refractivity contribution in [2.75, 3.05) is 13.7 Å². The summed E-state index contributed by atoms with van der Waals surface area (Å²) < 4.78 is 66.6. The van der Waals surface area contributed by atoms with Crippen LogP contribution in [0.4, 0.5) is 4.79 Å². The van der Waals surface area contributed by atoms with E-state index in [-0.39, 0.29) is 28.6 Å². The summed E-state index contributed by atoms with van der Waals surface area (Å²) in [6, 6.07) is 12.9. The van der Waals surface area contributed by atoms with Crippen LogP contribution < -0.4 is 5.32 Å². The standard InChI is InChI=1S/C34H35N3O8S2/c1-24-8-14-29(15-9-24)46(40,41)36-20-26-12-13-27-21-37(47(42,43)30-16-10-25(2)11-17-30)23-31(27)32(19-28(26)22-36)45-34(39)35-18-6-4-5-7-33(38)44-3/h8-11,14-17,20-23,32H,4-7,18-19H2,1-3H3,(H,35,39). The Bertz CT molecular complexity index is 2070. The van der Waals surface area contributed by atoms with Crippen molar-refractivity contribution in [1.82, 2.24) is 13.3 Å². The number of hydrogen-bond donors (Lipinski definition) is 1. The first-order chi connectivity index (χ1) is 22.4. The second-order valence-electron chi connectivity index (χ2n) is 11.3. The number of nitrogens with zero attached hydrogens (tertiary/aromatic N) is 2. The molecule has 1 atom stereocenters. The average molecular weight is 678 g/mol. The van der Waals surface area contributed by atoms with Crippen molar-refractivity contribution in [3.8, 4) is 11.8 Å². The molecule has 0 aliphatic heterocycles. The Morgan fingerprint density at radius 3 is 1.94 bits per heavy atom. The number of benzene rings is 2. The largest absolute Gasteiger partial charge is 0.469 e. The van der Waals surface area contributed by atoms with Gasteiger partial charge in [0.2, 0.25) is 0 Å². The molecule has 0 radical (unpaired) electrons. The second kappa shape index (κ2) is 13.9. The lowest BCUT2D eigenvalue weighted by Crippen LogP contribution is -2.28. The van der Waals surface area contributed by atoms with Gasteiger partial charge in [0.25, 0.3) is 20.0 Å². The molecule has 246 valence electrons. The van der Waals surface area contributed by atoms with Crippen molar-refractivity contribution >= 4 is 32.1 Å². The first-order valence-corrected chi connectivity index (χ1v) is 17.9. The number of methoxy groups -OCH3 is 1. The van der Waals surface area contributed by atoms with Gasteiger partial charge < -0.3 is 14.8 Å². The van der Waals surface area contributed by atoms with Gasteiger partial charge in [-0.1, -0.05) is 53.7 Å². The Morgan fingerprint density at radius 1 is 0.787 bits per heavy atom. The predicted molar refractivity (Wildman–Crippen MR) is 174 cm³/mol. The molecule has 2 aromatic heterocycles. The maximum absolute atomic E-state index is 13.5. The number of aromatic nitrogens is 2. The van der Waals surface area contributed by atoms with E-state index in [4.69, 9.17) is 4.74 Å². The lowest BCUT2D eigenvalue weighted by molar-refractivity contribution is -0.140. The van der Waals surface area contributed by atoms with Crippen LogP contribution in [0, 0.1) is 25.7 Å². The van der Waals surface area contributed by atoms with Gasteiger partial charge in [-0.2, -0.15) is 0 Å². The zero-order chi connectivity index (χ0) is 33.8. The summed E-state index contributed by atoms with van der Waals surface area (Å²) in [5.74, 6) is 5.68. The molecule has 2 aromatic carbocycles. The van der Waals surface area contributed by atoms with E-state index in [9.17, 15) is 26.4 Å². The number of amides is 1. The third kappa shape index (κ3) is 7.61. The summed E-state index contributed by atoms with van der Waals surface area (Å²) in [4.78, 5) is 24.5. The van der Waals surface area contributed by atoms with Gasteiger partial charge in [0.15, 0.2) is 0 Å². The third-order valence-electron chi connectivity index (χ3n) is 7.80. The van der Waals surface area contributed by atoms with E-state index in [1.807, 2.05) is 13.8 Å². The highest BCUT2D eigenvalue weighted by Crippen LogP contribution is 2.32. The fourth-order valence-corrected chi connectivity index (χ4v) is 7.53. The summed E-state index contributed by atoms with van der Waals surface area (Å²) in [5, 5.41) is 2.71. The quantitative estimate of drug-likeness (QED) is 0.135. The molecule has 1 amide bonds. The SMILES string of the molecule is COC(=O)CCCCCNC(=O)OC1Cc2cn(S(=O)(=O)c3ccc(C)cc3)cc2C#Cc2cn(S(=O)(=O)c3ccc(C)cc3)cc21. The van der Waals surface area contributed by atoms with Crippen molar-refractivity contribution in [2.45, 2.75) is 61.8 Å². The second-order valence-corrected chi connectivity index (χ2v) is 15.0. The number of ether oxygens (including phenoxy) is 2. The number of aryl methyl sites for hydroxylation is 2. The molecular weight excluding hydrogens is 643 g/mol. The predicted octanol–water partition coefficient (Wildman–Crippen LogP) is 4.84. The van der Waals surface area contributed by atoms with Gasteiger partial charge >= 0.3 is 12.1 Å². The molecule has 13 heteroatoms. The van der Waals surface area contributed by atoms with Crippen molar-refractivity contribution < 1.29 is 35.9 Å². The van der Waals surface area contributed by atoms with E-state index in [1.165, 1.54) is 56.2 Å². The number of nitrogens with one attached hydrogen (secondary N) is 1. The number of alkyl carbamates (subject to hydrolysis) is 1. The van der Waals surface area contributed by atoms with Crippen molar-refractivity contribution in [3.63, 3.8) is 0 Å². The molecule has 1 aliphatic carbocycles. The van der Waals surface area contributed by atoms with Crippen LogP contribution in [-0.2, 0) is 40.7 Å². The molecule has 1 aliphatic rings. The van der Waals surface area contributed by atoms with Crippen LogP contribution >= 0.6 is 0 Å². The van der Waals surface area contributed by atoms with Gasteiger partial charge in [-0.25, -0.2) is 29.6 Å². The number of rotatable bonds is 11. The van der Waals surface area contributed by atoms with Gasteiger partial charge in [0.1, 0.15) is 6.10 Å². The summed E-state index contributed by atoms with van der Waals surface area (Å²) in [6.45, 7) is 4.01. The Balaban J connectivity index is 1.45. The van der Waals surface area contributed by atoms with Crippen molar-refractivity contribution in [1.29, 1.82) is 0 Å². The highest BCUT2D eigenvalue weighted by Gasteiger charge is 2.29. The van der Waals surface area contributed by atoms with Crippen LogP contribution in [0.25, 0.3) is 0 Å². The zero-order valence-corrected chi connectivity index (χ0v) is 27.9. The van der Waals surface area contributed by atoms with E-state index in [2.05, 4.69) is 21.9 Å². The first kappa shape index (κ1) is 33.6. The maximum atomic E-state index is 13.5. The monoisotopic (exact) mass is 677 g/mol. The molecule has 0 fully saturated rings. The zero-order valence-electron chi connectivity index (χ0n) is 26.2. The van der Waals surface area contributed by atoms with Crippen molar-refractivity contribution in [3.05, 3.63) is 107 Å². The lowest BCUT2D eigenvalue weighted by atomic mass is 9.97. The van der Waals surface area contributed by atoms with Gasteiger partial charge in [0.05, 0.1) is 22.5 Å². The van der Waals surface area contributed by atoms with E-state index >= 15 is 0 Å². The normalized spacial score (nSPS) is 14.1. The number of carbonyl (C=O) groups is 2. The van der Waals surface area contributed by atoms with Crippen molar-refractivity contribution in [2.24, 2.45) is 0 Å². The lowest BCUT2D eigenvalue weighted by Gasteiger charge is -2.19. The molecule has 4 aromatic rings. The van der Waals surface area contributed by atoms with Crippen LogP contribution in [0.3, 0.4) is 0 Å². The number of fused-ring (bicyclic) bond motifs is 2. The van der Waals surface area contributed by atoms with Crippen LogP contribution in [0.15, 0.2) is 83.1 Å². The first-order valence-electron chi connectivity index (χ1n) is 15.0. The summed E-state index contributed by atoms with van der Waals surface area (Å²) in [5.41, 5.74) is 3.42. The topological polar surface area (TPSA) is 143 Å². The molecule has 0 saturated carbocycles. The number of esters is 1. The highest BCUT2D eigenvalue weighted by molar-refractivity contribution is 7.90. The molecule has 2 heterocycles. The van der Waals surface area contributed by atoms with Gasteiger partial charge in [-0.15, -0.1) is 0 Å². The summed E-state index contributed by atoms with van der Waals surface area (Å²) >= 11 is 0. The Morgan fingerprint density at radius 2 is 1.34 bits per heavy atom. The molecule has 1 unspecified atom stereocenters. The van der Waals surface area contributed by atoms with Gasteiger partial charge in [-0.05, 0) is 56.5 Å². The molecule has 0 bridgehead atoms. The smallest absolute Gasteiger partial charge is 0.407 e. The van der Waals surface area contributed by atoms with Crippen LogP contribution in [-0.4, -0.2) is 50.5 Å². The fraction of sp³-hybridized carbons (Fsp3) is 0.294. The molecule has 47 heavy (non-hydrogen) atoms. The minimum Gasteiger partial charge on any atom is -0.469 e. The average Bonchev–Trinajstić information content (AvgIpc) is 3.65. The van der Waals surface area contributed by atoms with E-state index in [1.54, 1.807) is 24.3 Å². The van der Waals surface area contributed by atoms with E-state index in [0.29, 0.717) is 48.1 Å². The summed E-state index contributed by atoms with van der Waals surface area (Å²) in [7, 11) is -6.60. The Hall–Kier alpha value is -4.80. The minimum absolute atomic E-state index is 0.0363. The number of hydrogen-bond acceptors (Lipinski definition) is 8. The number of unbranched alkanes of at least 4 members (excludes halogenated alkanes) is 2. The molecule has 0 saturated heterocycles. The number of carbonyl (C=O) groups excluding carboxylic acids is 2. The molecule has 5 rings (SSSR count). The Labute approximate surface area is 274 Å². The van der Waals surface area contributed by atoms with E-state index in [0.717, 1.165) is 19.1 Å². The highest BCUT2D eigenvalue weighted by atomic mass is 32.2. The van der Waals surface area contributed by atoms with Crippen LogP contribution in [0.5, 0.6) is 0 Å². The fourth-order valence-electron chi connectivity index (χ4n) is 5.08. The molecule has 0 spiro atoms. The van der Waals surface area contributed by atoms with E-state index < -0.39 is 32.2 Å². The maximum Gasteiger partial charge on any atom is 0.407 e.